The van der Waals surface area contributed by atoms with Crippen LogP contribution in [0.3, 0.4) is 0 Å². The van der Waals surface area contributed by atoms with Crippen LogP contribution in [0.15, 0.2) is 0 Å². The number of carbonyl (C=O) groups excluding carboxylic acids is 1. The molecule has 0 aromatic rings. The van der Waals surface area contributed by atoms with Gasteiger partial charge in [-0.05, 0) is 18.9 Å². The van der Waals surface area contributed by atoms with Crippen molar-refractivity contribution in [2.45, 2.75) is 12.8 Å². The summed E-state index contributed by atoms with van der Waals surface area (Å²) in [5.41, 5.74) is 0. The molecule has 14 heavy (non-hydrogen) atoms. The molecule has 1 rings (SSSR count). The van der Waals surface area contributed by atoms with Gasteiger partial charge in [0.25, 0.3) is 0 Å². The molecule has 0 spiro atoms. The highest BCUT2D eigenvalue weighted by atomic mass is 16.5. The molecule has 1 aliphatic rings. The maximum absolute atomic E-state index is 11.0. The van der Waals surface area contributed by atoms with Crippen molar-refractivity contribution in [3.05, 3.63) is 0 Å². The summed E-state index contributed by atoms with van der Waals surface area (Å²) in [5, 5.41) is 11.9. The van der Waals surface area contributed by atoms with Crippen molar-refractivity contribution in [1.82, 2.24) is 5.32 Å². The Labute approximate surface area is 82.4 Å². The number of piperidine rings is 1. The maximum Gasteiger partial charge on any atom is 0.308 e. The van der Waals surface area contributed by atoms with Crippen molar-refractivity contribution in [2.75, 3.05) is 20.2 Å². The van der Waals surface area contributed by atoms with Gasteiger partial charge in [-0.3, -0.25) is 9.59 Å². The molecule has 2 atom stereocenters. The lowest BCUT2D eigenvalue weighted by Gasteiger charge is -2.28. The second-order valence-electron chi connectivity index (χ2n) is 3.48. The first kappa shape index (κ1) is 11.0. The number of ether oxygens (including phenoxy) is 1. The predicted octanol–water partition coefficient (Wildman–Crippen LogP) is -0.140. The van der Waals surface area contributed by atoms with Crippen molar-refractivity contribution in [3.63, 3.8) is 0 Å². The van der Waals surface area contributed by atoms with E-state index in [1.165, 1.54) is 7.11 Å². The van der Waals surface area contributed by atoms with Gasteiger partial charge in [-0.25, -0.2) is 0 Å². The number of hydrogen-bond donors (Lipinski definition) is 2. The van der Waals surface area contributed by atoms with E-state index < -0.39 is 11.9 Å². The number of hydrogen-bond acceptors (Lipinski definition) is 4. The summed E-state index contributed by atoms with van der Waals surface area (Å²) in [5.74, 6) is -1.74. The van der Waals surface area contributed by atoms with E-state index in [0.717, 1.165) is 6.54 Å². The highest BCUT2D eigenvalue weighted by molar-refractivity contribution is 5.74. The average Bonchev–Trinajstić information content (AvgIpc) is 2.18. The third-order valence-corrected chi connectivity index (χ3v) is 2.60. The Bertz CT molecular complexity index is 229. The van der Waals surface area contributed by atoms with Gasteiger partial charge < -0.3 is 15.2 Å². The van der Waals surface area contributed by atoms with Crippen LogP contribution in [-0.2, 0) is 14.3 Å². The van der Waals surface area contributed by atoms with Gasteiger partial charge in [-0.1, -0.05) is 0 Å². The standard InChI is InChI=1S/C9H15NO4/c1-14-8(11)4-6-2-3-10-5-7(6)9(12)13/h6-7,10H,2-5H2,1H3,(H,12,13)/t6-,7-/m1/s1. The lowest BCUT2D eigenvalue weighted by Crippen LogP contribution is -2.41. The van der Waals surface area contributed by atoms with Crippen LogP contribution in [0.2, 0.25) is 0 Å². The van der Waals surface area contributed by atoms with Gasteiger partial charge in [-0.2, -0.15) is 0 Å². The molecule has 0 aromatic heterocycles. The number of rotatable bonds is 3. The van der Waals surface area contributed by atoms with Gasteiger partial charge in [0.15, 0.2) is 0 Å². The Morgan fingerprint density at radius 3 is 2.86 bits per heavy atom. The Morgan fingerprint density at radius 2 is 2.29 bits per heavy atom. The summed E-state index contributed by atoms with van der Waals surface area (Å²) < 4.78 is 4.53. The van der Waals surface area contributed by atoms with Crippen molar-refractivity contribution in [2.24, 2.45) is 11.8 Å². The zero-order valence-corrected chi connectivity index (χ0v) is 8.16. The third kappa shape index (κ3) is 2.70. The van der Waals surface area contributed by atoms with Crippen LogP contribution in [0.1, 0.15) is 12.8 Å². The minimum atomic E-state index is -0.842. The first-order chi connectivity index (χ1) is 6.65. The zero-order chi connectivity index (χ0) is 10.6. The van der Waals surface area contributed by atoms with Gasteiger partial charge in [0.2, 0.25) is 0 Å². The SMILES string of the molecule is COC(=O)C[C@H]1CCNC[C@H]1C(=O)O. The van der Waals surface area contributed by atoms with Crippen molar-refractivity contribution >= 4 is 11.9 Å². The molecule has 1 aliphatic heterocycles. The quantitative estimate of drug-likeness (QED) is 0.621. The molecule has 0 aromatic carbocycles. The molecule has 0 aliphatic carbocycles. The number of carboxylic acid groups (broad SMARTS) is 1. The highest BCUT2D eigenvalue weighted by Crippen LogP contribution is 2.23. The van der Waals surface area contributed by atoms with Gasteiger partial charge >= 0.3 is 11.9 Å². The number of carboxylic acids is 1. The van der Waals surface area contributed by atoms with Crippen LogP contribution >= 0.6 is 0 Å². The van der Waals surface area contributed by atoms with E-state index >= 15 is 0 Å². The summed E-state index contributed by atoms with van der Waals surface area (Å²) in [6.07, 6.45) is 0.918. The molecule has 5 heteroatoms. The van der Waals surface area contributed by atoms with Gasteiger partial charge in [0, 0.05) is 13.0 Å². The Balaban J connectivity index is 2.54. The van der Waals surface area contributed by atoms with Gasteiger partial charge in [0.1, 0.15) is 0 Å². The molecule has 0 saturated carbocycles. The third-order valence-electron chi connectivity index (χ3n) is 2.60. The normalized spacial score (nSPS) is 26.9. The first-order valence-corrected chi connectivity index (χ1v) is 4.65. The molecular weight excluding hydrogens is 186 g/mol. The van der Waals surface area contributed by atoms with Crippen LogP contribution in [0.5, 0.6) is 0 Å². The number of nitrogens with one attached hydrogen (secondary N) is 1. The topological polar surface area (TPSA) is 75.6 Å². The van der Waals surface area contributed by atoms with E-state index in [1.807, 2.05) is 0 Å². The molecular formula is C9H15NO4. The van der Waals surface area contributed by atoms with Gasteiger partial charge in [-0.15, -0.1) is 0 Å². The zero-order valence-electron chi connectivity index (χ0n) is 8.16. The molecule has 5 nitrogen and oxygen atoms in total. The molecule has 80 valence electrons. The van der Waals surface area contributed by atoms with Gasteiger partial charge in [0.05, 0.1) is 13.0 Å². The monoisotopic (exact) mass is 201 g/mol. The minimum absolute atomic E-state index is 0.0961. The highest BCUT2D eigenvalue weighted by Gasteiger charge is 2.32. The smallest absolute Gasteiger partial charge is 0.308 e. The second kappa shape index (κ2) is 4.95. The Kier molecular flexibility index (Phi) is 3.88. The summed E-state index contributed by atoms with van der Waals surface area (Å²) >= 11 is 0. The van der Waals surface area contributed by atoms with Crippen LogP contribution < -0.4 is 5.32 Å². The molecule has 1 fully saturated rings. The maximum atomic E-state index is 11.0. The molecule has 0 unspecified atom stereocenters. The molecule has 0 radical (unpaired) electrons. The minimum Gasteiger partial charge on any atom is -0.481 e. The lowest BCUT2D eigenvalue weighted by molar-refractivity contribution is -0.147. The van der Waals surface area contributed by atoms with Crippen molar-refractivity contribution in [1.29, 1.82) is 0 Å². The molecule has 2 N–H and O–H groups in total. The van der Waals surface area contributed by atoms with Crippen molar-refractivity contribution in [3.8, 4) is 0 Å². The fourth-order valence-electron chi connectivity index (χ4n) is 1.74. The van der Waals surface area contributed by atoms with E-state index in [2.05, 4.69) is 10.1 Å². The van der Waals surface area contributed by atoms with Crippen LogP contribution in [0.25, 0.3) is 0 Å². The first-order valence-electron chi connectivity index (χ1n) is 4.65. The Hall–Kier alpha value is -1.10. The van der Waals surface area contributed by atoms with Crippen LogP contribution in [0, 0.1) is 11.8 Å². The lowest BCUT2D eigenvalue weighted by atomic mass is 9.84. The van der Waals surface area contributed by atoms with E-state index in [4.69, 9.17) is 5.11 Å². The van der Waals surface area contributed by atoms with E-state index in [-0.39, 0.29) is 18.3 Å². The average molecular weight is 201 g/mol. The Morgan fingerprint density at radius 1 is 1.57 bits per heavy atom. The summed E-state index contributed by atoms with van der Waals surface area (Å²) in [6.45, 7) is 1.21. The fourth-order valence-corrected chi connectivity index (χ4v) is 1.74. The van der Waals surface area contributed by atoms with E-state index in [0.29, 0.717) is 13.0 Å². The number of methoxy groups -OCH3 is 1. The molecule has 1 heterocycles. The summed E-state index contributed by atoms with van der Waals surface area (Å²) in [4.78, 5) is 21.9. The number of aliphatic carboxylic acids is 1. The largest absolute Gasteiger partial charge is 0.481 e. The molecule has 1 saturated heterocycles. The number of esters is 1. The predicted molar refractivity (Wildman–Crippen MR) is 48.7 cm³/mol. The second-order valence-corrected chi connectivity index (χ2v) is 3.48. The van der Waals surface area contributed by atoms with E-state index in [9.17, 15) is 9.59 Å². The number of carbonyl (C=O) groups is 2. The molecule has 0 amide bonds. The summed E-state index contributed by atoms with van der Waals surface area (Å²) in [6, 6.07) is 0. The fraction of sp³-hybridized carbons (Fsp3) is 0.778. The molecule has 0 bridgehead atoms. The van der Waals surface area contributed by atoms with E-state index in [1.54, 1.807) is 0 Å². The van der Waals surface area contributed by atoms with Crippen molar-refractivity contribution < 1.29 is 19.4 Å². The van der Waals surface area contributed by atoms with Crippen LogP contribution in [0.4, 0.5) is 0 Å². The van der Waals surface area contributed by atoms with Crippen LogP contribution in [-0.4, -0.2) is 37.2 Å². The summed E-state index contributed by atoms with van der Waals surface area (Å²) in [7, 11) is 1.32.